The first-order chi connectivity index (χ1) is 5.16. The van der Waals surface area contributed by atoms with E-state index in [0.29, 0.717) is 6.42 Å². The minimum atomic E-state index is -1.37. The van der Waals surface area contributed by atoms with Crippen molar-refractivity contribution in [3.8, 4) is 0 Å². The number of nitrogens with zero attached hydrogens (tertiary/aromatic N) is 3. The molecule has 0 aromatic heterocycles. The topological polar surface area (TPSA) is 69.0 Å². The summed E-state index contributed by atoms with van der Waals surface area (Å²) in [5.74, 6) is 0. The predicted octanol–water partition coefficient (Wildman–Crippen LogP) is 2.22. The van der Waals surface area contributed by atoms with Gasteiger partial charge in [-0.25, -0.2) is 0 Å². The lowest BCUT2D eigenvalue weighted by Crippen LogP contribution is -2.22. The third kappa shape index (κ3) is 2.08. The van der Waals surface area contributed by atoms with Crippen LogP contribution in [0.5, 0.6) is 0 Å². The van der Waals surface area contributed by atoms with Crippen molar-refractivity contribution in [2.24, 2.45) is 5.11 Å². The minimum absolute atomic E-state index is 0.314. The first kappa shape index (κ1) is 8.33. The van der Waals surface area contributed by atoms with Gasteiger partial charge in [-0.3, -0.25) is 0 Å². The van der Waals surface area contributed by atoms with Gasteiger partial charge >= 0.3 is 0 Å². The van der Waals surface area contributed by atoms with Crippen LogP contribution in [0.1, 0.15) is 6.42 Å². The molecule has 4 nitrogen and oxygen atoms in total. The summed E-state index contributed by atoms with van der Waals surface area (Å²) in [6, 6.07) is 0. The second-order valence-electron chi connectivity index (χ2n) is 2.19. The molecule has 0 bridgehead atoms. The average Bonchev–Trinajstić information content (AvgIpc) is 1.97. The summed E-state index contributed by atoms with van der Waals surface area (Å²) in [7, 11) is 0. The lowest BCUT2D eigenvalue weighted by atomic mass is 10.1. The van der Waals surface area contributed by atoms with Gasteiger partial charge in [0.2, 0.25) is 0 Å². The average molecular weight is 216 g/mol. The standard InChI is InChI=1S/C6H6BrN3O/c7-5-1-3-6(11,4-2-5)9-10-8/h1-3,11H,4H2. The third-order valence-electron chi connectivity index (χ3n) is 1.32. The van der Waals surface area contributed by atoms with Gasteiger partial charge in [-0.1, -0.05) is 27.1 Å². The zero-order chi connectivity index (χ0) is 8.32. The smallest absolute Gasteiger partial charge is 0.165 e. The number of rotatable bonds is 1. The van der Waals surface area contributed by atoms with E-state index in [2.05, 4.69) is 26.0 Å². The maximum atomic E-state index is 9.42. The molecule has 0 aliphatic heterocycles. The fourth-order valence-corrected chi connectivity index (χ4v) is 1.04. The number of hydrogen-bond acceptors (Lipinski definition) is 2. The van der Waals surface area contributed by atoms with Crippen LogP contribution in [0.3, 0.4) is 0 Å². The van der Waals surface area contributed by atoms with Gasteiger partial charge in [0.1, 0.15) is 0 Å². The van der Waals surface area contributed by atoms with Crippen LogP contribution in [-0.2, 0) is 0 Å². The summed E-state index contributed by atoms with van der Waals surface area (Å²) in [6.45, 7) is 0. The minimum Gasteiger partial charge on any atom is -0.379 e. The van der Waals surface area contributed by atoms with Crippen molar-refractivity contribution in [3.63, 3.8) is 0 Å². The van der Waals surface area contributed by atoms with Gasteiger partial charge in [0.05, 0.1) is 0 Å². The van der Waals surface area contributed by atoms with Crippen molar-refractivity contribution >= 4 is 15.9 Å². The molecule has 5 heteroatoms. The van der Waals surface area contributed by atoms with Crippen LogP contribution < -0.4 is 0 Å². The molecule has 0 aromatic rings. The molecule has 1 unspecified atom stereocenters. The van der Waals surface area contributed by atoms with E-state index in [4.69, 9.17) is 5.53 Å². The third-order valence-corrected chi connectivity index (χ3v) is 1.91. The van der Waals surface area contributed by atoms with Crippen molar-refractivity contribution in [1.82, 2.24) is 0 Å². The molecule has 0 fully saturated rings. The predicted molar refractivity (Wildman–Crippen MR) is 44.9 cm³/mol. The van der Waals surface area contributed by atoms with E-state index >= 15 is 0 Å². The summed E-state index contributed by atoms with van der Waals surface area (Å²) in [5, 5.41) is 12.7. The van der Waals surface area contributed by atoms with Gasteiger partial charge in [0, 0.05) is 15.8 Å². The van der Waals surface area contributed by atoms with Gasteiger partial charge in [-0.05, 0) is 17.7 Å². The quantitative estimate of drug-likeness (QED) is 0.407. The maximum absolute atomic E-state index is 9.42. The summed E-state index contributed by atoms with van der Waals surface area (Å²) in [4.78, 5) is 2.54. The van der Waals surface area contributed by atoms with Gasteiger partial charge < -0.3 is 5.11 Å². The highest BCUT2D eigenvalue weighted by Crippen LogP contribution is 2.24. The molecule has 0 heterocycles. The van der Waals surface area contributed by atoms with Crippen LogP contribution in [0, 0.1) is 0 Å². The molecule has 0 amide bonds. The van der Waals surface area contributed by atoms with Crippen LogP contribution in [0.4, 0.5) is 0 Å². The Hall–Kier alpha value is -0.770. The molecular weight excluding hydrogens is 210 g/mol. The van der Waals surface area contributed by atoms with Gasteiger partial charge in [-0.15, -0.1) is 0 Å². The lowest BCUT2D eigenvalue weighted by Gasteiger charge is -2.18. The summed E-state index contributed by atoms with van der Waals surface area (Å²) in [5.41, 5.74) is 6.71. The van der Waals surface area contributed by atoms with E-state index in [1.54, 1.807) is 12.2 Å². The monoisotopic (exact) mass is 215 g/mol. The Kier molecular flexibility index (Phi) is 2.34. The van der Waals surface area contributed by atoms with Crippen LogP contribution in [0.15, 0.2) is 27.8 Å². The highest BCUT2D eigenvalue weighted by atomic mass is 79.9. The van der Waals surface area contributed by atoms with Crippen LogP contribution >= 0.6 is 15.9 Å². The van der Waals surface area contributed by atoms with Gasteiger partial charge in [-0.2, -0.15) is 0 Å². The molecule has 11 heavy (non-hydrogen) atoms. The van der Waals surface area contributed by atoms with Gasteiger partial charge in [0.25, 0.3) is 0 Å². The van der Waals surface area contributed by atoms with E-state index in [0.717, 1.165) is 4.48 Å². The fraction of sp³-hybridized carbons (Fsp3) is 0.333. The molecule has 1 rings (SSSR count). The highest BCUT2D eigenvalue weighted by molar-refractivity contribution is 9.11. The SMILES string of the molecule is [N-]=[N+]=NC1(O)C=CC(Br)=CC1. The van der Waals surface area contributed by atoms with Gasteiger partial charge in [0.15, 0.2) is 5.72 Å². The Balaban J connectivity index is 2.81. The first-order valence-electron chi connectivity index (χ1n) is 3.00. The normalized spacial score (nSPS) is 29.1. The van der Waals surface area contributed by atoms with Crippen LogP contribution in [0.25, 0.3) is 10.4 Å². The number of hydrogen-bond donors (Lipinski definition) is 1. The highest BCUT2D eigenvalue weighted by Gasteiger charge is 2.22. The fourth-order valence-electron chi connectivity index (χ4n) is 0.748. The molecule has 0 aromatic carbocycles. The molecule has 0 saturated carbocycles. The number of aliphatic hydroxyl groups is 1. The molecule has 0 saturated heterocycles. The van der Waals surface area contributed by atoms with Crippen molar-refractivity contribution in [2.75, 3.05) is 0 Å². The van der Waals surface area contributed by atoms with Crippen LogP contribution in [0.2, 0.25) is 0 Å². The van der Waals surface area contributed by atoms with Crippen molar-refractivity contribution in [3.05, 3.63) is 33.2 Å². The summed E-state index contributed by atoms with van der Waals surface area (Å²) >= 11 is 3.22. The van der Waals surface area contributed by atoms with E-state index < -0.39 is 5.72 Å². The molecule has 58 valence electrons. The second kappa shape index (κ2) is 3.09. The second-order valence-corrected chi connectivity index (χ2v) is 3.11. The Morgan fingerprint density at radius 1 is 1.82 bits per heavy atom. The Bertz CT molecular complexity index is 267. The lowest BCUT2D eigenvalue weighted by molar-refractivity contribution is 0.101. The number of allylic oxidation sites excluding steroid dienone is 2. The Morgan fingerprint density at radius 3 is 3.00 bits per heavy atom. The van der Waals surface area contributed by atoms with E-state index in [1.165, 1.54) is 6.08 Å². The number of halogens is 1. The van der Waals surface area contributed by atoms with E-state index in [9.17, 15) is 5.11 Å². The first-order valence-corrected chi connectivity index (χ1v) is 3.79. The van der Waals surface area contributed by atoms with E-state index in [-0.39, 0.29) is 0 Å². The molecule has 0 radical (unpaired) electrons. The largest absolute Gasteiger partial charge is 0.379 e. The Labute approximate surface area is 72.0 Å². The molecule has 1 aliphatic rings. The molecule has 1 aliphatic carbocycles. The molecule has 1 N–H and O–H groups in total. The van der Waals surface area contributed by atoms with Crippen molar-refractivity contribution < 1.29 is 5.11 Å². The van der Waals surface area contributed by atoms with Crippen LogP contribution in [-0.4, -0.2) is 10.8 Å². The molecule has 1 atom stereocenters. The Morgan fingerprint density at radius 2 is 2.55 bits per heavy atom. The van der Waals surface area contributed by atoms with E-state index in [1.807, 2.05) is 0 Å². The summed E-state index contributed by atoms with van der Waals surface area (Å²) < 4.78 is 0.885. The van der Waals surface area contributed by atoms with Crippen molar-refractivity contribution in [1.29, 1.82) is 0 Å². The molecular formula is C6H6BrN3O. The molecule has 0 spiro atoms. The summed E-state index contributed by atoms with van der Waals surface area (Å²) in [6.07, 6.45) is 5.16. The number of azide groups is 1. The van der Waals surface area contributed by atoms with Crippen molar-refractivity contribution in [2.45, 2.75) is 12.1 Å². The zero-order valence-corrected chi connectivity index (χ0v) is 7.19. The zero-order valence-electron chi connectivity index (χ0n) is 5.61. The maximum Gasteiger partial charge on any atom is 0.165 e.